The summed E-state index contributed by atoms with van der Waals surface area (Å²) in [6.07, 6.45) is 3.60. The van der Waals surface area contributed by atoms with E-state index in [4.69, 9.17) is 4.52 Å². The van der Waals surface area contributed by atoms with Gasteiger partial charge >= 0.3 is 0 Å². The van der Waals surface area contributed by atoms with E-state index in [0.717, 1.165) is 48.8 Å². The summed E-state index contributed by atoms with van der Waals surface area (Å²) < 4.78 is 5.25. The van der Waals surface area contributed by atoms with Crippen LogP contribution < -0.4 is 0 Å². The summed E-state index contributed by atoms with van der Waals surface area (Å²) >= 11 is 0. The largest absolute Gasteiger partial charge is 0.361 e. The van der Waals surface area contributed by atoms with E-state index in [9.17, 15) is 4.79 Å². The van der Waals surface area contributed by atoms with Gasteiger partial charge in [0.15, 0.2) is 0 Å². The molecule has 2 fully saturated rings. The summed E-state index contributed by atoms with van der Waals surface area (Å²) in [6, 6.07) is 3.94. The Kier molecular flexibility index (Phi) is 3.84. The van der Waals surface area contributed by atoms with E-state index in [2.05, 4.69) is 15.0 Å². The molecule has 2 aromatic heterocycles. The molecule has 0 aliphatic carbocycles. The van der Waals surface area contributed by atoms with Crippen molar-refractivity contribution < 1.29 is 9.32 Å². The van der Waals surface area contributed by atoms with Crippen LogP contribution in [0.2, 0.25) is 0 Å². The highest BCUT2D eigenvalue weighted by Crippen LogP contribution is 2.34. The zero-order chi connectivity index (χ0) is 16.7. The lowest BCUT2D eigenvalue weighted by molar-refractivity contribution is -0.131. The van der Waals surface area contributed by atoms with Gasteiger partial charge in [0.05, 0.1) is 11.6 Å². The van der Waals surface area contributed by atoms with Gasteiger partial charge in [-0.2, -0.15) is 0 Å². The number of hydrogen-bond donors (Lipinski definition) is 0. The lowest BCUT2D eigenvalue weighted by Crippen LogP contribution is -2.32. The highest BCUT2D eigenvalue weighted by molar-refractivity contribution is 5.82. The molecule has 2 saturated heterocycles. The zero-order valence-corrected chi connectivity index (χ0v) is 14.1. The SMILES string of the molecule is Cc1noc(C)c1CN1C[C@@H]2CN(Cc3cccnc3)C(=O)[C@@H]2C1. The number of carbonyl (C=O) groups is 1. The van der Waals surface area contributed by atoms with Crippen LogP contribution in [-0.4, -0.2) is 45.5 Å². The van der Waals surface area contributed by atoms with Crippen molar-refractivity contribution in [2.45, 2.75) is 26.9 Å². The van der Waals surface area contributed by atoms with Crippen molar-refractivity contribution in [2.24, 2.45) is 11.8 Å². The quantitative estimate of drug-likeness (QED) is 0.857. The number of aryl methyl sites for hydroxylation is 2. The molecule has 126 valence electrons. The first-order valence-corrected chi connectivity index (χ1v) is 8.43. The van der Waals surface area contributed by atoms with Gasteiger partial charge in [0, 0.05) is 56.6 Å². The molecule has 0 spiro atoms. The van der Waals surface area contributed by atoms with Crippen molar-refractivity contribution in [3.63, 3.8) is 0 Å². The topological polar surface area (TPSA) is 62.5 Å². The van der Waals surface area contributed by atoms with Crippen molar-refractivity contribution in [1.82, 2.24) is 19.9 Å². The molecule has 0 radical (unpaired) electrons. The van der Waals surface area contributed by atoms with E-state index in [1.54, 1.807) is 6.20 Å². The third-order valence-electron chi connectivity index (χ3n) is 5.26. The fourth-order valence-electron chi connectivity index (χ4n) is 3.97. The maximum Gasteiger partial charge on any atom is 0.227 e. The molecule has 6 heteroatoms. The number of amides is 1. The van der Waals surface area contributed by atoms with Crippen molar-refractivity contribution in [3.05, 3.63) is 47.1 Å². The standard InChI is InChI=1S/C18H22N4O2/c1-12-16(13(2)24-20-12)10-21-8-15-9-22(18(23)17(15)11-21)7-14-4-3-5-19-6-14/h3-6,15,17H,7-11H2,1-2H3/t15-,17-/m1/s1. The summed E-state index contributed by atoms with van der Waals surface area (Å²) in [5.74, 6) is 1.72. The maximum absolute atomic E-state index is 12.7. The van der Waals surface area contributed by atoms with Gasteiger partial charge in [-0.3, -0.25) is 14.7 Å². The normalized spacial score (nSPS) is 23.9. The molecule has 0 unspecified atom stereocenters. The highest BCUT2D eigenvalue weighted by Gasteiger charge is 2.46. The fraction of sp³-hybridized carbons (Fsp3) is 0.500. The van der Waals surface area contributed by atoms with Gasteiger partial charge < -0.3 is 9.42 Å². The van der Waals surface area contributed by atoms with Crippen molar-refractivity contribution in [1.29, 1.82) is 0 Å². The molecular formula is C18H22N4O2. The minimum Gasteiger partial charge on any atom is -0.361 e. The second kappa shape index (κ2) is 6.02. The molecule has 4 rings (SSSR count). The molecule has 2 aliphatic rings. The minimum absolute atomic E-state index is 0.127. The van der Waals surface area contributed by atoms with Gasteiger partial charge in [0.2, 0.25) is 5.91 Å². The summed E-state index contributed by atoms with van der Waals surface area (Å²) in [6.45, 7) is 8.06. The van der Waals surface area contributed by atoms with Crippen LogP contribution in [0.5, 0.6) is 0 Å². The Balaban J connectivity index is 1.39. The molecule has 0 N–H and O–H groups in total. The third-order valence-corrected chi connectivity index (χ3v) is 5.26. The summed E-state index contributed by atoms with van der Waals surface area (Å²) in [5.41, 5.74) is 3.21. The lowest BCUT2D eigenvalue weighted by Gasteiger charge is -2.21. The van der Waals surface area contributed by atoms with Crippen LogP contribution in [0.15, 0.2) is 29.0 Å². The van der Waals surface area contributed by atoms with Crippen LogP contribution in [-0.2, 0) is 17.9 Å². The second-order valence-electron chi connectivity index (χ2n) is 6.94. The average Bonchev–Trinajstić information content (AvgIpc) is 3.20. The molecule has 2 atom stereocenters. The summed E-state index contributed by atoms with van der Waals surface area (Å²) in [7, 11) is 0. The first-order chi connectivity index (χ1) is 11.6. The number of pyridine rings is 1. The van der Waals surface area contributed by atoms with E-state index < -0.39 is 0 Å². The van der Waals surface area contributed by atoms with Crippen LogP contribution in [0.1, 0.15) is 22.6 Å². The van der Waals surface area contributed by atoms with Crippen LogP contribution in [0.4, 0.5) is 0 Å². The minimum atomic E-state index is 0.127. The number of likely N-dealkylation sites (tertiary alicyclic amines) is 2. The molecule has 0 bridgehead atoms. The first-order valence-electron chi connectivity index (χ1n) is 8.43. The monoisotopic (exact) mass is 326 g/mol. The van der Waals surface area contributed by atoms with Crippen molar-refractivity contribution >= 4 is 5.91 Å². The van der Waals surface area contributed by atoms with Crippen molar-refractivity contribution in [3.8, 4) is 0 Å². The summed E-state index contributed by atoms with van der Waals surface area (Å²) in [4.78, 5) is 21.2. The van der Waals surface area contributed by atoms with Gasteiger partial charge in [-0.15, -0.1) is 0 Å². The molecule has 2 aromatic rings. The number of aromatic nitrogens is 2. The van der Waals surface area contributed by atoms with Gasteiger partial charge in [-0.05, 0) is 25.5 Å². The first kappa shape index (κ1) is 15.3. The van der Waals surface area contributed by atoms with E-state index in [1.807, 2.05) is 37.1 Å². The zero-order valence-electron chi connectivity index (χ0n) is 14.1. The number of carbonyl (C=O) groups excluding carboxylic acids is 1. The Hall–Kier alpha value is -2.21. The predicted octanol–water partition coefficient (Wildman–Crippen LogP) is 1.78. The Morgan fingerprint density at radius 1 is 1.25 bits per heavy atom. The summed E-state index contributed by atoms with van der Waals surface area (Å²) in [5, 5.41) is 4.02. The van der Waals surface area contributed by atoms with E-state index in [-0.39, 0.29) is 11.8 Å². The van der Waals surface area contributed by atoms with E-state index >= 15 is 0 Å². The predicted molar refractivity (Wildman–Crippen MR) is 87.9 cm³/mol. The van der Waals surface area contributed by atoms with Crippen molar-refractivity contribution in [2.75, 3.05) is 19.6 Å². The van der Waals surface area contributed by atoms with E-state index in [0.29, 0.717) is 12.5 Å². The van der Waals surface area contributed by atoms with Gasteiger partial charge in [-0.25, -0.2) is 0 Å². The van der Waals surface area contributed by atoms with Gasteiger partial charge in [-0.1, -0.05) is 11.2 Å². The Morgan fingerprint density at radius 2 is 2.12 bits per heavy atom. The Morgan fingerprint density at radius 3 is 2.79 bits per heavy atom. The lowest BCUT2D eigenvalue weighted by atomic mass is 10.0. The molecule has 1 amide bonds. The highest BCUT2D eigenvalue weighted by atomic mass is 16.5. The molecule has 24 heavy (non-hydrogen) atoms. The number of rotatable bonds is 4. The van der Waals surface area contributed by atoms with Crippen LogP contribution in [0.25, 0.3) is 0 Å². The average molecular weight is 326 g/mol. The molecule has 0 aromatic carbocycles. The smallest absolute Gasteiger partial charge is 0.227 e. The fourth-order valence-corrected chi connectivity index (χ4v) is 3.97. The van der Waals surface area contributed by atoms with Gasteiger partial charge in [0.25, 0.3) is 0 Å². The molecule has 6 nitrogen and oxygen atoms in total. The number of hydrogen-bond acceptors (Lipinski definition) is 5. The molecular weight excluding hydrogens is 304 g/mol. The molecule has 2 aliphatic heterocycles. The number of nitrogens with zero attached hydrogens (tertiary/aromatic N) is 4. The Labute approximate surface area is 141 Å². The number of fused-ring (bicyclic) bond motifs is 1. The second-order valence-corrected chi connectivity index (χ2v) is 6.94. The maximum atomic E-state index is 12.7. The van der Waals surface area contributed by atoms with E-state index in [1.165, 1.54) is 0 Å². The Bertz CT molecular complexity index is 723. The third kappa shape index (κ3) is 2.71. The van der Waals surface area contributed by atoms with Crippen LogP contribution in [0, 0.1) is 25.7 Å². The van der Waals surface area contributed by atoms with Crippen LogP contribution >= 0.6 is 0 Å². The van der Waals surface area contributed by atoms with Crippen LogP contribution in [0.3, 0.4) is 0 Å². The molecule has 0 saturated carbocycles. The molecule has 4 heterocycles. The van der Waals surface area contributed by atoms with Gasteiger partial charge in [0.1, 0.15) is 5.76 Å².